The van der Waals surface area contributed by atoms with Crippen LogP contribution in [0.25, 0.3) is 0 Å². The van der Waals surface area contributed by atoms with Crippen LogP contribution >= 0.6 is 11.6 Å². The molecule has 0 saturated carbocycles. The molecule has 0 fully saturated rings. The fourth-order valence-electron chi connectivity index (χ4n) is 1.95. The molecule has 2 rings (SSSR count). The smallest absolute Gasteiger partial charge is 0.225 e. The first-order chi connectivity index (χ1) is 7.54. The average Bonchev–Trinajstić information content (AvgIpc) is 2.52. The van der Waals surface area contributed by atoms with Crippen molar-refractivity contribution >= 4 is 28.4 Å². The van der Waals surface area contributed by atoms with Gasteiger partial charge in [0.05, 0.1) is 5.92 Å². The van der Waals surface area contributed by atoms with Crippen molar-refractivity contribution in [3.05, 3.63) is 35.4 Å². The fraction of sp³-hybridized carbons (Fsp3) is 0.250. The van der Waals surface area contributed by atoms with Crippen LogP contribution in [0.2, 0.25) is 0 Å². The van der Waals surface area contributed by atoms with E-state index in [1.54, 1.807) is 24.3 Å². The van der Waals surface area contributed by atoms with E-state index in [4.69, 9.17) is 11.6 Å². The molecule has 0 aliphatic heterocycles. The van der Waals surface area contributed by atoms with Gasteiger partial charge in [-0.1, -0.05) is 31.2 Å². The number of hydrogen-bond acceptors (Lipinski definition) is 3. The van der Waals surface area contributed by atoms with E-state index < -0.39 is 17.1 Å². The second-order valence-electron chi connectivity index (χ2n) is 3.84. The van der Waals surface area contributed by atoms with Crippen molar-refractivity contribution in [3.8, 4) is 0 Å². The summed E-state index contributed by atoms with van der Waals surface area (Å²) in [5.41, 5.74) is 0.782. The van der Waals surface area contributed by atoms with E-state index in [1.165, 1.54) is 6.92 Å². The Bertz CT molecular complexity index is 458. The highest BCUT2D eigenvalue weighted by molar-refractivity contribution is 6.64. The lowest BCUT2D eigenvalue weighted by Crippen LogP contribution is -2.27. The maximum atomic E-state index is 11.9. The predicted molar refractivity (Wildman–Crippen MR) is 58.6 cm³/mol. The Kier molecular flexibility index (Phi) is 2.64. The van der Waals surface area contributed by atoms with E-state index in [0.717, 1.165) is 0 Å². The molecule has 4 heteroatoms. The number of Topliss-reactive ketones (excluding diaryl/α,β-unsaturated/α-hetero) is 2. The van der Waals surface area contributed by atoms with Crippen molar-refractivity contribution in [2.45, 2.75) is 6.92 Å². The summed E-state index contributed by atoms with van der Waals surface area (Å²) in [4.78, 5) is 34.9. The summed E-state index contributed by atoms with van der Waals surface area (Å²) in [7, 11) is 0. The molecule has 1 unspecified atom stereocenters. The number of halogens is 1. The van der Waals surface area contributed by atoms with Crippen LogP contribution in [0.3, 0.4) is 0 Å². The molecule has 1 atom stereocenters. The monoisotopic (exact) mass is 236 g/mol. The molecule has 16 heavy (non-hydrogen) atoms. The molecule has 0 radical (unpaired) electrons. The lowest BCUT2D eigenvalue weighted by molar-refractivity contribution is -0.115. The summed E-state index contributed by atoms with van der Waals surface area (Å²) in [5.74, 6) is -2.32. The van der Waals surface area contributed by atoms with Gasteiger partial charge in [0.25, 0.3) is 0 Å². The minimum absolute atomic E-state index is 0.304. The molecule has 0 aromatic heterocycles. The molecule has 0 spiro atoms. The largest absolute Gasteiger partial charge is 0.293 e. The SMILES string of the molecule is CC(C(=O)Cl)C1C(=O)c2ccccc2C1=O. The minimum atomic E-state index is -0.942. The lowest BCUT2D eigenvalue weighted by atomic mass is 9.90. The van der Waals surface area contributed by atoms with Gasteiger partial charge >= 0.3 is 0 Å². The Morgan fingerprint density at radius 3 is 2.00 bits per heavy atom. The molecule has 1 aliphatic carbocycles. The van der Waals surface area contributed by atoms with Crippen molar-refractivity contribution in [2.75, 3.05) is 0 Å². The van der Waals surface area contributed by atoms with Gasteiger partial charge < -0.3 is 0 Å². The van der Waals surface area contributed by atoms with Crippen molar-refractivity contribution in [1.29, 1.82) is 0 Å². The normalized spacial score (nSPS) is 17.4. The predicted octanol–water partition coefficient (Wildman–Crippen LogP) is 2.08. The van der Waals surface area contributed by atoms with E-state index >= 15 is 0 Å². The zero-order chi connectivity index (χ0) is 11.9. The summed E-state index contributed by atoms with van der Waals surface area (Å²) in [6, 6.07) is 6.58. The first kappa shape index (κ1) is 11.0. The summed E-state index contributed by atoms with van der Waals surface area (Å²) >= 11 is 5.34. The molecule has 0 N–H and O–H groups in total. The van der Waals surface area contributed by atoms with Crippen LogP contribution in [-0.4, -0.2) is 16.8 Å². The second kappa shape index (κ2) is 3.83. The second-order valence-corrected chi connectivity index (χ2v) is 4.22. The zero-order valence-electron chi connectivity index (χ0n) is 8.57. The van der Waals surface area contributed by atoms with E-state index in [2.05, 4.69) is 0 Å². The third-order valence-electron chi connectivity index (χ3n) is 2.88. The van der Waals surface area contributed by atoms with Gasteiger partial charge in [-0.25, -0.2) is 0 Å². The maximum Gasteiger partial charge on any atom is 0.225 e. The molecule has 1 aromatic rings. The van der Waals surface area contributed by atoms with Crippen molar-refractivity contribution < 1.29 is 14.4 Å². The molecule has 0 saturated heterocycles. The van der Waals surface area contributed by atoms with Crippen LogP contribution in [0.5, 0.6) is 0 Å². The number of carbonyl (C=O) groups excluding carboxylic acids is 3. The average molecular weight is 237 g/mol. The number of ketones is 2. The third kappa shape index (κ3) is 1.48. The van der Waals surface area contributed by atoms with E-state index in [9.17, 15) is 14.4 Å². The van der Waals surface area contributed by atoms with E-state index in [-0.39, 0.29) is 11.6 Å². The highest BCUT2D eigenvalue weighted by atomic mass is 35.5. The van der Waals surface area contributed by atoms with Crippen molar-refractivity contribution in [1.82, 2.24) is 0 Å². The number of benzene rings is 1. The van der Waals surface area contributed by atoms with Crippen molar-refractivity contribution in [2.24, 2.45) is 11.8 Å². The Morgan fingerprint density at radius 2 is 1.62 bits per heavy atom. The fourth-order valence-corrected chi connectivity index (χ4v) is 2.08. The summed E-state index contributed by atoms with van der Waals surface area (Å²) < 4.78 is 0. The van der Waals surface area contributed by atoms with Crippen LogP contribution in [0, 0.1) is 11.8 Å². The van der Waals surface area contributed by atoms with Crippen LogP contribution in [0.4, 0.5) is 0 Å². The summed E-state index contributed by atoms with van der Waals surface area (Å²) in [5, 5.41) is -0.653. The van der Waals surface area contributed by atoms with Gasteiger partial charge in [0.2, 0.25) is 5.24 Å². The first-order valence-electron chi connectivity index (χ1n) is 4.91. The topological polar surface area (TPSA) is 51.2 Å². The Labute approximate surface area is 97.4 Å². The number of hydrogen-bond donors (Lipinski definition) is 0. The van der Waals surface area contributed by atoms with Crippen LogP contribution < -0.4 is 0 Å². The molecule has 0 heterocycles. The van der Waals surface area contributed by atoms with Crippen LogP contribution in [0.1, 0.15) is 27.6 Å². The van der Waals surface area contributed by atoms with Gasteiger partial charge in [-0.3, -0.25) is 14.4 Å². The number of fused-ring (bicyclic) bond motifs is 1. The van der Waals surface area contributed by atoms with Gasteiger partial charge in [0, 0.05) is 17.0 Å². The molecular formula is C12H9ClO3. The van der Waals surface area contributed by atoms with Crippen molar-refractivity contribution in [3.63, 3.8) is 0 Å². The van der Waals surface area contributed by atoms with Gasteiger partial charge in [-0.05, 0) is 11.6 Å². The molecule has 3 nitrogen and oxygen atoms in total. The Morgan fingerprint density at radius 1 is 1.19 bits per heavy atom. The molecule has 82 valence electrons. The lowest BCUT2D eigenvalue weighted by Gasteiger charge is -2.11. The van der Waals surface area contributed by atoms with Gasteiger partial charge in [-0.15, -0.1) is 0 Å². The molecule has 0 bridgehead atoms. The van der Waals surface area contributed by atoms with E-state index in [1.807, 2.05) is 0 Å². The highest BCUT2D eigenvalue weighted by Crippen LogP contribution is 2.32. The first-order valence-corrected chi connectivity index (χ1v) is 5.28. The number of rotatable bonds is 2. The highest BCUT2D eigenvalue weighted by Gasteiger charge is 2.43. The Hall–Kier alpha value is -1.48. The van der Waals surface area contributed by atoms with Gasteiger partial charge in [-0.2, -0.15) is 0 Å². The summed E-state index contributed by atoms with van der Waals surface area (Å²) in [6.45, 7) is 1.50. The molecular weight excluding hydrogens is 228 g/mol. The zero-order valence-corrected chi connectivity index (χ0v) is 9.32. The quantitative estimate of drug-likeness (QED) is 0.584. The van der Waals surface area contributed by atoms with Gasteiger partial charge in [0.15, 0.2) is 11.6 Å². The third-order valence-corrected chi connectivity index (χ3v) is 3.23. The standard InChI is InChI=1S/C12H9ClO3/c1-6(12(13)16)9-10(14)7-4-2-3-5-8(7)11(9)15/h2-6,9H,1H3. The molecule has 0 amide bonds. The van der Waals surface area contributed by atoms with E-state index in [0.29, 0.717) is 11.1 Å². The van der Waals surface area contributed by atoms with Crippen LogP contribution in [-0.2, 0) is 4.79 Å². The summed E-state index contributed by atoms with van der Waals surface area (Å²) in [6.07, 6.45) is 0. The minimum Gasteiger partial charge on any atom is -0.293 e. The van der Waals surface area contributed by atoms with Crippen LogP contribution in [0.15, 0.2) is 24.3 Å². The molecule has 1 aromatic carbocycles. The molecule has 1 aliphatic rings. The Balaban J connectivity index is 2.46. The van der Waals surface area contributed by atoms with Gasteiger partial charge in [0.1, 0.15) is 0 Å². The maximum absolute atomic E-state index is 11.9. The number of carbonyl (C=O) groups is 3.